The lowest BCUT2D eigenvalue weighted by Gasteiger charge is -1.97. The van der Waals surface area contributed by atoms with Crippen molar-refractivity contribution in [3.63, 3.8) is 0 Å². The van der Waals surface area contributed by atoms with E-state index in [-0.39, 0.29) is 0 Å². The maximum Gasteiger partial charge on any atom is 0.160 e. The highest BCUT2D eigenvalue weighted by Crippen LogP contribution is 2.06. The van der Waals surface area contributed by atoms with Gasteiger partial charge in [-0.25, -0.2) is 0 Å². The summed E-state index contributed by atoms with van der Waals surface area (Å²) < 4.78 is 0. The molecule has 2 aromatic rings. The van der Waals surface area contributed by atoms with Gasteiger partial charge in [0.25, 0.3) is 0 Å². The summed E-state index contributed by atoms with van der Waals surface area (Å²) in [5.41, 5.74) is 1.60. The first-order valence-electron chi connectivity index (χ1n) is 5.12. The molecule has 0 saturated heterocycles. The van der Waals surface area contributed by atoms with Crippen LogP contribution in [0, 0.1) is 11.8 Å². The second-order valence-electron chi connectivity index (χ2n) is 3.22. The molecule has 1 heterocycles. The monoisotopic (exact) mass is 241 g/mol. The molecule has 0 unspecified atom stereocenters. The van der Waals surface area contributed by atoms with Crippen molar-refractivity contribution in [3.05, 3.63) is 58.3 Å². The van der Waals surface area contributed by atoms with Crippen molar-refractivity contribution in [3.8, 4) is 11.8 Å². The molecule has 2 rings (SSSR count). The Morgan fingerprint density at radius 1 is 1.18 bits per heavy atom. The van der Waals surface area contributed by atoms with E-state index in [4.69, 9.17) is 4.84 Å². The third-order valence-electron chi connectivity index (χ3n) is 2.06. The van der Waals surface area contributed by atoms with Crippen molar-refractivity contribution < 1.29 is 4.84 Å². The average Bonchev–Trinajstić information content (AvgIpc) is 2.88. The van der Waals surface area contributed by atoms with Gasteiger partial charge < -0.3 is 4.84 Å². The smallest absolute Gasteiger partial charge is 0.160 e. The molecule has 0 radical (unpaired) electrons. The molecule has 1 aromatic carbocycles. The molecule has 0 spiro atoms. The lowest BCUT2D eigenvalue weighted by atomic mass is 10.1. The van der Waals surface area contributed by atoms with Crippen molar-refractivity contribution in [1.29, 1.82) is 0 Å². The van der Waals surface area contributed by atoms with Crippen LogP contribution < -0.4 is 0 Å². The third-order valence-corrected chi connectivity index (χ3v) is 2.84. The van der Waals surface area contributed by atoms with E-state index in [9.17, 15) is 0 Å². The van der Waals surface area contributed by atoms with E-state index >= 15 is 0 Å². The number of benzene rings is 1. The maximum atomic E-state index is 4.82. The topological polar surface area (TPSA) is 21.6 Å². The highest BCUT2D eigenvalue weighted by Gasteiger charge is 1.99. The summed E-state index contributed by atoms with van der Waals surface area (Å²) in [7, 11) is 1.52. The molecule has 0 amide bonds. The van der Waals surface area contributed by atoms with Gasteiger partial charge in [0.1, 0.15) is 7.11 Å². The van der Waals surface area contributed by atoms with Crippen molar-refractivity contribution in [2.24, 2.45) is 5.16 Å². The Bertz CT molecular complexity index is 547. The molecule has 3 heteroatoms. The SMILES string of the molecule is CON=C(C#Cc1cccs1)c1ccccc1. The Hall–Kier alpha value is -2.05. The van der Waals surface area contributed by atoms with Gasteiger partial charge in [0.2, 0.25) is 0 Å². The summed E-state index contributed by atoms with van der Waals surface area (Å²) in [6, 6.07) is 13.7. The highest BCUT2D eigenvalue weighted by atomic mass is 32.1. The van der Waals surface area contributed by atoms with Crippen LogP contribution in [0.15, 0.2) is 53.0 Å². The number of hydrogen-bond acceptors (Lipinski definition) is 3. The summed E-state index contributed by atoms with van der Waals surface area (Å²) >= 11 is 1.61. The fourth-order valence-corrected chi connectivity index (χ4v) is 1.88. The van der Waals surface area contributed by atoms with Crippen LogP contribution in [0.5, 0.6) is 0 Å². The maximum absolute atomic E-state index is 4.82. The van der Waals surface area contributed by atoms with Gasteiger partial charge in [-0.05, 0) is 23.3 Å². The lowest BCUT2D eigenvalue weighted by molar-refractivity contribution is 0.214. The molecule has 0 bridgehead atoms. The molecule has 17 heavy (non-hydrogen) atoms. The van der Waals surface area contributed by atoms with Gasteiger partial charge in [-0.1, -0.05) is 41.6 Å². The minimum absolute atomic E-state index is 0.640. The fraction of sp³-hybridized carbons (Fsp3) is 0.0714. The van der Waals surface area contributed by atoms with Gasteiger partial charge in [0, 0.05) is 5.56 Å². The summed E-state index contributed by atoms with van der Waals surface area (Å²) in [5.74, 6) is 6.09. The number of hydrogen-bond donors (Lipinski definition) is 0. The van der Waals surface area contributed by atoms with Gasteiger partial charge >= 0.3 is 0 Å². The molecule has 2 nitrogen and oxygen atoms in total. The van der Waals surface area contributed by atoms with Crippen LogP contribution in [0.4, 0.5) is 0 Å². The number of rotatable bonds is 2. The Balaban J connectivity index is 2.29. The van der Waals surface area contributed by atoms with E-state index in [1.807, 2.05) is 47.8 Å². The van der Waals surface area contributed by atoms with Crippen LogP contribution in [0.3, 0.4) is 0 Å². The quantitative estimate of drug-likeness (QED) is 0.449. The van der Waals surface area contributed by atoms with Crippen LogP contribution in [-0.2, 0) is 4.84 Å². The van der Waals surface area contributed by atoms with E-state index in [0.29, 0.717) is 5.71 Å². The highest BCUT2D eigenvalue weighted by molar-refractivity contribution is 7.10. The van der Waals surface area contributed by atoms with Gasteiger partial charge in [-0.15, -0.1) is 11.3 Å². The molecule has 0 aliphatic carbocycles. The van der Waals surface area contributed by atoms with Crippen LogP contribution in [0.2, 0.25) is 0 Å². The first kappa shape index (κ1) is 11.4. The van der Waals surface area contributed by atoms with Gasteiger partial charge in [-0.2, -0.15) is 0 Å². The standard InChI is InChI=1S/C14H11NOS/c1-16-15-14(12-6-3-2-4-7-12)10-9-13-8-5-11-17-13/h2-8,11H,1H3. The first-order chi connectivity index (χ1) is 8.40. The van der Waals surface area contributed by atoms with Crippen LogP contribution in [0.1, 0.15) is 10.4 Å². The second kappa shape index (κ2) is 5.88. The van der Waals surface area contributed by atoms with Gasteiger partial charge in [-0.3, -0.25) is 0 Å². The van der Waals surface area contributed by atoms with Crippen molar-refractivity contribution in [2.45, 2.75) is 0 Å². The molecule has 0 aliphatic rings. The van der Waals surface area contributed by atoms with Crippen molar-refractivity contribution in [1.82, 2.24) is 0 Å². The Labute approximate surface area is 105 Å². The molecular formula is C14H11NOS. The largest absolute Gasteiger partial charge is 0.398 e. The molecule has 0 N–H and O–H groups in total. The first-order valence-corrected chi connectivity index (χ1v) is 6.00. The predicted octanol–water partition coefficient (Wildman–Crippen LogP) is 3.15. The van der Waals surface area contributed by atoms with E-state index < -0.39 is 0 Å². The van der Waals surface area contributed by atoms with Crippen LogP contribution in [0.25, 0.3) is 0 Å². The third kappa shape index (κ3) is 3.20. The molecule has 0 aliphatic heterocycles. The predicted molar refractivity (Wildman–Crippen MR) is 71.2 cm³/mol. The zero-order chi connectivity index (χ0) is 11.9. The average molecular weight is 241 g/mol. The Morgan fingerprint density at radius 3 is 2.65 bits per heavy atom. The lowest BCUT2D eigenvalue weighted by Crippen LogP contribution is -1.97. The summed E-state index contributed by atoms with van der Waals surface area (Å²) in [6.07, 6.45) is 0. The second-order valence-corrected chi connectivity index (χ2v) is 4.16. The number of nitrogens with zero attached hydrogens (tertiary/aromatic N) is 1. The zero-order valence-corrected chi connectivity index (χ0v) is 10.2. The van der Waals surface area contributed by atoms with Crippen LogP contribution in [-0.4, -0.2) is 12.8 Å². The van der Waals surface area contributed by atoms with Crippen molar-refractivity contribution in [2.75, 3.05) is 7.11 Å². The summed E-state index contributed by atoms with van der Waals surface area (Å²) in [4.78, 5) is 5.84. The Kier molecular flexibility index (Phi) is 3.95. The van der Waals surface area contributed by atoms with E-state index in [1.54, 1.807) is 11.3 Å². The van der Waals surface area contributed by atoms with Gasteiger partial charge in [0.15, 0.2) is 5.71 Å². The van der Waals surface area contributed by atoms with Crippen LogP contribution >= 0.6 is 11.3 Å². The van der Waals surface area contributed by atoms with E-state index in [0.717, 1.165) is 10.4 Å². The molecule has 1 aromatic heterocycles. The zero-order valence-electron chi connectivity index (χ0n) is 9.38. The molecule has 0 saturated carbocycles. The van der Waals surface area contributed by atoms with Crippen molar-refractivity contribution >= 4 is 17.0 Å². The minimum atomic E-state index is 0.640. The van der Waals surface area contributed by atoms with E-state index in [2.05, 4.69) is 17.0 Å². The summed E-state index contributed by atoms with van der Waals surface area (Å²) in [6.45, 7) is 0. The number of oxime groups is 1. The molecule has 84 valence electrons. The number of thiophene rings is 1. The Morgan fingerprint density at radius 2 is 2.00 bits per heavy atom. The van der Waals surface area contributed by atoms with E-state index in [1.165, 1.54) is 7.11 Å². The molecule has 0 fully saturated rings. The minimum Gasteiger partial charge on any atom is -0.398 e. The fourth-order valence-electron chi connectivity index (χ4n) is 1.31. The molecule has 0 atom stereocenters. The molecular weight excluding hydrogens is 230 g/mol. The summed E-state index contributed by atoms with van der Waals surface area (Å²) in [5, 5.41) is 5.94. The van der Waals surface area contributed by atoms with Gasteiger partial charge in [0.05, 0.1) is 4.88 Å². The normalized spacial score (nSPS) is 10.5.